The Kier molecular flexibility index (Phi) is 4.44. The van der Waals surface area contributed by atoms with Crippen molar-refractivity contribution in [2.24, 2.45) is 0 Å². The van der Waals surface area contributed by atoms with E-state index in [2.05, 4.69) is 4.98 Å². The maximum absolute atomic E-state index is 12.7. The number of para-hydroxylation sites is 1. The molecule has 126 valence electrons. The second kappa shape index (κ2) is 6.52. The van der Waals surface area contributed by atoms with Crippen LogP contribution in [0, 0.1) is 0 Å². The largest absolute Gasteiger partial charge is 0.485 e. The highest BCUT2D eigenvalue weighted by atomic mass is 35.5. The molecule has 1 aliphatic heterocycles. The van der Waals surface area contributed by atoms with Crippen LogP contribution in [-0.4, -0.2) is 28.1 Å². The second-order valence-corrected chi connectivity index (χ2v) is 5.89. The molecule has 0 saturated carbocycles. The predicted molar refractivity (Wildman–Crippen MR) is 89.8 cm³/mol. The van der Waals surface area contributed by atoms with Gasteiger partial charge in [0.1, 0.15) is 12.6 Å². The minimum atomic E-state index is -0.623. The third-order valence-electron chi connectivity index (χ3n) is 3.87. The maximum atomic E-state index is 12.7. The molecule has 1 aromatic carbocycles. The molecule has 1 amide bonds. The van der Waals surface area contributed by atoms with Crippen LogP contribution in [0.1, 0.15) is 13.3 Å². The summed E-state index contributed by atoms with van der Waals surface area (Å²) in [5.74, 6) is 0.189. The van der Waals surface area contributed by atoms with Crippen LogP contribution in [-0.2, 0) is 11.3 Å². The third-order valence-corrected chi connectivity index (χ3v) is 4.16. The SMILES string of the molecule is CC[C@H]1CN(C(=O)Cn2ccc(=O)[nH]c2=O)c2cccc(Cl)c2O1. The van der Waals surface area contributed by atoms with Gasteiger partial charge in [0.05, 0.1) is 17.3 Å². The summed E-state index contributed by atoms with van der Waals surface area (Å²) in [5.41, 5.74) is -0.546. The van der Waals surface area contributed by atoms with E-state index in [1.165, 1.54) is 12.3 Å². The fraction of sp³-hybridized carbons (Fsp3) is 0.312. The van der Waals surface area contributed by atoms with E-state index in [4.69, 9.17) is 16.3 Å². The van der Waals surface area contributed by atoms with Crippen molar-refractivity contribution in [3.8, 4) is 5.75 Å². The number of benzene rings is 1. The number of hydrogen-bond donors (Lipinski definition) is 1. The molecule has 7 nitrogen and oxygen atoms in total. The molecule has 1 aromatic heterocycles. The quantitative estimate of drug-likeness (QED) is 0.907. The van der Waals surface area contributed by atoms with E-state index in [9.17, 15) is 14.4 Å². The molecule has 1 atom stereocenters. The highest BCUT2D eigenvalue weighted by Crippen LogP contribution is 2.39. The Bertz CT molecular complexity index is 889. The van der Waals surface area contributed by atoms with E-state index < -0.39 is 11.2 Å². The van der Waals surface area contributed by atoms with Gasteiger partial charge in [0.25, 0.3) is 5.56 Å². The molecule has 0 fully saturated rings. The lowest BCUT2D eigenvalue weighted by atomic mass is 10.1. The first-order valence-electron chi connectivity index (χ1n) is 7.55. The Morgan fingerprint density at radius 2 is 2.17 bits per heavy atom. The van der Waals surface area contributed by atoms with Crippen molar-refractivity contribution >= 4 is 23.2 Å². The molecule has 8 heteroatoms. The summed E-state index contributed by atoms with van der Waals surface area (Å²) in [6.07, 6.45) is 1.84. The summed E-state index contributed by atoms with van der Waals surface area (Å²) < 4.78 is 7.00. The number of aromatic nitrogens is 2. The van der Waals surface area contributed by atoms with Crippen molar-refractivity contribution in [3.63, 3.8) is 0 Å². The highest BCUT2D eigenvalue weighted by molar-refractivity contribution is 6.32. The number of carbonyl (C=O) groups is 1. The van der Waals surface area contributed by atoms with Gasteiger partial charge in [-0.1, -0.05) is 24.6 Å². The van der Waals surface area contributed by atoms with E-state index in [0.717, 1.165) is 4.57 Å². The van der Waals surface area contributed by atoms with E-state index in [1.54, 1.807) is 23.1 Å². The van der Waals surface area contributed by atoms with Gasteiger partial charge < -0.3 is 9.64 Å². The zero-order valence-corrected chi connectivity index (χ0v) is 13.7. The average Bonchev–Trinajstić information content (AvgIpc) is 2.57. The monoisotopic (exact) mass is 349 g/mol. The fourth-order valence-corrected chi connectivity index (χ4v) is 2.80. The molecule has 24 heavy (non-hydrogen) atoms. The van der Waals surface area contributed by atoms with Gasteiger partial charge in [0.15, 0.2) is 5.75 Å². The van der Waals surface area contributed by atoms with Crippen LogP contribution in [0.2, 0.25) is 5.02 Å². The molecular weight excluding hydrogens is 334 g/mol. The molecule has 2 heterocycles. The van der Waals surface area contributed by atoms with Gasteiger partial charge in [-0.25, -0.2) is 4.79 Å². The number of ether oxygens (including phenoxy) is 1. The van der Waals surface area contributed by atoms with Crippen LogP contribution < -0.4 is 20.9 Å². The van der Waals surface area contributed by atoms with E-state index >= 15 is 0 Å². The molecule has 0 radical (unpaired) electrons. The van der Waals surface area contributed by atoms with Crippen LogP contribution in [0.5, 0.6) is 5.75 Å². The van der Waals surface area contributed by atoms with Crippen LogP contribution in [0.3, 0.4) is 0 Å². The lowest BCUT2D eigenvalue weighted by Crippen LogP contribution is -2.46. The molecule has 0 spiro atoms. The number of aromatic amines is 1. The minimum Gasteiger partial charge on any atom is -0.485 e. The lowest BCUT2D eigenvalue weighted by molar-refractivity contribution is -0.119. The number of fused-ring (bicyclic) bond motifs is 1. The van der Waals surface area contributed by atoms with Crippen LogP contribution in [0.4, 0.5) is 5.69 Å². The Hall–Kier alpha value is -2.54. The topological polar surface area (TPSA) is 84.4 Å². The number of amides is 1. The molecule has 0 bridgehead atoms. The zero-order valence-electron chi connectivity index (χ0n) is 13.0. The number of anilines is 1. The standard InChI is InChI=1S/C16H16ClN3O4/c1-2-10-8-20(12-5-3-4-11(17)15(12)24-10)14(22)9-19-7-6-13(21)18-16(19)23/h3-7,10H,2,8-9H2,1H3,(H,18,21,23)/t10-/m0/s1. The molecular formula is C16H16ClN3O4. The first-order chi connectivity index (χ1) is 11.5. The van der Waals surface area contributed by atoms with Gasteiger partial charge in [-0.3, -0.25) is 19.1 Å². The number of nitrogens with one attached hydrogen (secondary N) is 1. The van der Waals surface area contributed by atoms with Gasteiger partial charge in [-0.05, 0) is 18.6 Å². The Balaban J connectivity index is 1.93. The number of H-pyrrole nitrogens is 1. The van der Waals surface area contributed by atoms with Crippen molar-refractivity contribution in [2.45, 2.75) is 26.0 Å². The summed E-state index contributed by atoms with van der Waals surface area (Å²) in [6.45, 7) is 2.15. The number of hydrogen-bond acceptors (Lipinski definition) is 4. The average molecular weight is 350 g/mol. The first kappa shape index (κ1) is 16.3. The smallest absolute Gasteiger partial charge is 0.328 e. The zero-order chi connectivity index (χ0) is 17.3. The van der Waals surface area contributed by atoms with Crippen molar-refractivity contribution < 1.29 is 9.53 Å². The van der Waals surface area contributed by atoms with Crippen LogP contribution in [0.25, 0.3) is 0 Å². The van der Waals surface area contributed by atoms with Crippen molar-refractivity contribution in [1.29, 1.82) is 0 Å². The summed E-state index contributed by atoms with van der Waals surface area (Å²) in [5, 5.41) is 0.435. The number of halogens is 1. The van der Waals surface area contributed by atoms with Gasteiger partial charge in [-0.2, -0.15) is 0 Å². The lowest BCUT2D eigenvalue weighted by Gasteiger charge is -2.35. The fourth-order valence-electron chi connectivity index (χ4n) is 2.58. The Morgan fingerprint density at radius 3 is 2.88 bits per heavy atom. The number of carbonyl (C=O) groups excluding carboxylic acids is 1. The molecule has 0 unspecified atom stereocenters. The molecule has 3 rings (SSSR count). The molecule has 1 N–H and O–H groups in total. The molecule has 2 aromatic rings. The van der Waals surface area contributed by atoms with Gasteiger partial charge in [0.2, 0.25) is 5.91 Å². The summed E-state index contributed by atoms with van der Waals surface area (Å²) in [7, 11) is 0. The Labute approximate surface area is 142 Å². The van der Waals surface area contributed by atoms with E-state index in [-0.39, 0.29) is 18.6 Å². The van der Waals surface area contributed by atoms with Gasteiger partial charge in [0, 0.05) is 12.3 Å². The van der Waals surface area contributed by atoms with Crippen LogP contribution in [0.15, 0.2) is 40.1 Å². The number of rotatable bonds is 3. The summed E-state index contributed by atoms with van der Waals surface area (Å²) >= 11 is 6.18. The van der Waals surface area contributed by atoms with Gasteiger partial charge >= 0.3 is 5.69 Å². The summed E-state index contributed by atoms with van der Waals surface area (Å²) in [4.78, 5) is 39.3. The maximum Gasteiger partial charge on any atom is 0.328 e. The van der Waals surface area contributed by atoms with Crippen molar-refractivity contribution in [2.75, 3.05) is 11.4 Å². The molecule has 0 aliphatic carbocycles. The van der Waals surface area contributed by atoms with Gasteiger partial charge in [-0.15, -0.1) is 0 Å². The highest BCUT2D eigenvalue weighted by Gasteiger charge is 2.30. The normalized spacial score (nSPS) is 16.4. The molecule has 0 saturated heterocycles. The summed E-state index contributed by atoms with van der Waals surface area (Å²) in [6, 6.07) is 6.39. The van der Waals surface area contributed by atoms with E-state index in [0.29, 0.717) is 29.4 Å². The number of nitrogens with zero attached hydrogens (tertiary/aromatic N) is 2. The minimum absolute atomic E-state index is 0.173. The van der Waals surface area contributed by atoms with Crippen molar-refractivity contribution in [3.05, 3.63) is 56.3 Å². The third kappa shape index (κ3) is 3.07. The van der Waals surface area contributed by atoms with E-state index in [1.807, 2.05) is 6.92 Å². The Morgan fingerprint density at radius 1 is 1.38 bits per heavy atom. The predicted octanol–water partition coefficient (Wildman–Crippen LogP) is 1.39. The van der Waals surface area contributed by atoms with Crippen LogP contribution >= 0.6 is 11.6 Å². The first-order valence-corrected chi connectivity index (χ1v) is 7.92. The van der Waals surface area contributed by atoms with Crippen molar-refractivity contribution in [1.82, 2.24) is 9.55 Å². The second-order valence-electron chi connectivity index (χ2n) is 5.48. The molecule has 1 aliphatic rings.